The number of nitrogens with two attached hydrogens (primary N) is 1. The Morgan fingerprint density at radius 2 is 2.00 bits per heavy atom. The molecule has 0 saturated carbocycles. The molecule has 1 unspecified atom stereocenters. The first-order valence-corrected chi connectivity index (χ1v) is 9.79. The minimum Gasteiger partial charge on any atom is -0.384 e. The lowest BCUT2D eigenvalue weighted by Gasteiger charge is -2.14. The van der Waals surface area contributed by atoms with Crippen LogP contribution in [0.5, 0.6) is 0 Å². The number of pyridine rings is 2. The third kappa shape index (κ3) is 3.08. The van der Waals surface area contributed by atoms with Crippen LogP contribution in [0.25, 0.3) is 27.9 Å². The van der Waals surface area contributed by atoms with Crippen molar-refractivity contribution in [2.75, 3.05) is 12.3 Å². The summed E-state index contributed by atoms with van der Waals surface area (Å²) in [6.07, 6.45) is 5.22. The standard InChI is InChI=1S/C23H19N7O/c1-15(30-23-20(22(24)26-14-27-23)18(28-30)9-6-12-31)17-13-16-7-3-5-11-29(16)21(17)19-8-2-4-10-25-19/h2-5,7-8,10-11,13-15,31H,12H2,1H3,(H2,24,26,27). The summed E-state index contributed by atoms with van der Waals surface area (Å²) in [7, 11) is 0. The Morgan fingerprint density at radius 3 is 2.81 bits per heavy atom. The predicted molar refractivity (Wildman–Crippen MR) is 118 cm³/mol. The Balaban J connectivity index is 1.76. The Morgan fingerprint density at radius 1 is 1.13 bits per heavy atom. The lowest BCUT2D eigenvalue weighted by atomic mass is 10.1. The van der Waals surface area contributed by atoms with E-state index in [9.17, 15) is 0 Å². The van der Waals surface area contributed by atoms with E-state index in [0.717, 1.165) is 22.5 Å². The molecule has 152 valence electrons. The van der Waals surface area contributed by atoms with Crippen molar-refractivity contribution in [2.24, 2.45) is 0 Å². The zero-order valence-electron chi connectivity index (χ0n) is 16.8. The average Bonchev–Trinajstić information content (AvgIpc) is 3.37. The number of aliphatic hydroxyl groups excluding tert-OH is 1. The molecule has 3 N–H and O–H groups in total. The monoisotopic (exact) mass is 409 g/mol. The molecule has 0 bridgehead atoms. The second kappa shape index (κ2) is 7.55. The number of hydrogen-bond donors (Lipinski definition) is 2. The van der Waals surface area contributed by atoms with E-state index in [4.69, 9.17) is 10.8 Å². The molecule has 0 aliphatic carbocycles. The quantitative estimate of drug-likeness (QED) is 0.444. The van der Waals surface area contributed by atoms with Crippen molar-refractivity contribution in [3.8, 4) is 23.2 Å². The van der Waals surface area contributed by atoms with E-state index in [1.54, 1.807) is 10.9 Å². The summed E-state index contributed by atoms with van der Waals surface area (Å²) in [4.78, 5) is 13.1. The summed E-state index contributed by atoms with van der Waals surface area (Å²) >= 11 is 0. The molecule has 0 amide bonds. The van der Waals surface area contributed by atoms with Crippen molar-refractivity contribution >= 4 is 22.4 Å². The fourth-order valence-electron chi connectivity index (χ4n) is 3.84. The SMILES string of the molecule is CC(c1cc2ccccn2c1-c1ccccn1)n1nc(C#CCO)c2c(N)ncnc21. The number of rotatable bonds is 3. The van der Waals surface area contributed by atoms with Gasteiger partial charge in [-0.25, -0.2) is 14.6 Å². The molecule has 5 aromatic heterocycles. The van der Waals surface area contributed by atoms with Crippen molar-refractivity contribution in [1.82, 2.24) is 29.1 Å². The van der Waals surface area contributed by atoms with Crippen LogP contribution < -0.4 is 5.73 Å². The van der Waals surface area contributed by atoms with Crippen LogP contribution in [0.4, 0.5) is 5.82 Å². The maximum absolute atomic E-state index is 9.13. The van der Waals surface area contributed by atoms with Crippen molar-refractivity contribution < 1.29 is 5.11 Å². The molecule has 8 nitrogen and oxygen atoms in total. The van der Waals surface area contributed by atoms with Gasteiger partial charge in [-0.05, 0) is 43.2 Å². The lowest BCUT2D eigenvalue weighted by Crippen LogP contribution is -2.10. The Labute approximate surface area is 178 Å². The maximum atomic E-state index is 9.13. The second-order valence-corrected chi connectivity index (χ2v) is 7.05. The molecular weight excluding hydrogens is 390 g/mol. The van der Waals surface area contributed by atoms with Crippen LogP contribution in [0.3, 0.4) is 0 Å². The van der Waals surface area contributed by atoms with Crippen LogP contribution in [-0.4, -0.2) is 40.8 Å². The van der Waals surface area contributed by atoms with Gasteiger partial charge in [-0.1, -0.05) is 18.1 Å². The highest BCUT2D eigenvalue weighted by Gasteiger charge is 2.24. The molecule has 0 spiro atoms. The molecule has 0 saturated heterocycles. The topological polar surface area (TPSA) is 107 Å². The van der Waals surface area contributed by atoms with E-state index in [1.807, 2.05) is 36.5 Å². The zero-order chi connectivity index (χ0) is 21.4. The van der Waals surface area contributed by atoms with Gasteiger partial charge in [-0.3, -0.25) is 4.98 Å². The highest BCUT2D eigenvalue weighted by molar-refractivity contribution is 5.90. The maximum Gasteiger partial charge on any atom is 0.165 e. The third-order valence-corrected chi connectivity index (χ3v) is 5.24. The second-order valence-electron chi connectivity index (χ2n) is 7.05. The van der Waals surface area contributed by atoms with Crippen LogP contribution in [0.1, 0.15) is 24.2 Å². The average molecular weight is 409 g/mol. The molecule has 31 heavy (non-hydrogen) atoms. The molecule has 0 fully saturated rings. The Kier molecular flexibility index (Phi) is 4.58. The van der Waals surface area contributed by atoms with Gasteiger partial charge in [0.2, 0.25) is 0 Å². The van der Waals surface area contributed by atoms with E-state index in [-0.39, 0.29) is 12.6 Å². The lowest BCUT2D eigenvalue weighted by molar-refractivity contribution is 0.350. The summed E-state index contributed by atoms with van der Waals surface area (Å²) in [6, 6.07) is 13.9. The Hall–Kier alpha value is -4.22. The molecule has 0 aromatic carbocycles. The van der Waals surface area contributed by atoms with Crippen LogP contribution in [0, 0.1) is 11.8 Å². The number of anilines is 1. The molecule has 8 heteroatoms. The van der Waals surface area contributed by atoms with Crippen molar-refractivity contribution in [1.29, 1.82) is 0 Å². The molecule has 5 rings (SSSR count). The fourth-order valence-corrected chi connectivity index (χ4v) is 3.84. The van der Waals surface area contributed by atoms with E-state index >= 15 is 0 Å². The summed E-state index contributed by atoms with van der Waals surface area (Å²) < 4.78 is 3.92. The van der Waals surface area contributed by atoms with Crippen LogP contribution in [0.15, 0.2) is 61.2 Å². The number of aromatic nitrogens is 6. The summed E-state index contributed by atoms with van der Waals surface area (Å²) in [6.45, 7) is 1.78. The van der Waals surface area contributed by atoms with E-state index in [0.29, 0.717) is 22.5 Å². The van der Waals surface area contributed by atoms with Crippen LogP contribution in [-0.2, 0) is 0 Å². The van der Waals surface area contributed by atoms with E-state index in [2.05, 4.69) is 55.3 Å². The summed E-state index contributed by atoms with van der Waals surface area (Å²) in [5.41, 5.74) is 11.1. The van der Waals surface area contributed by atoms with Gasteiger partial charge in [0.25, 0.3) is 0 Å². The summed E-state index contributed by atoms with van der Waals surface area (Å²) in [5, 5.41) is 14.4. The van der Waals surface area contributed by atoms with Crippen LogP contribution >= 0.6 is 0 Å². The molecule has 0 aliphatic heterocycles. The molecular formula is C23H19N7O. The molecule has 0 radical (unpaired) electrons. The molecule has 0 aliphatic rings. The zero-order valence-corrected chi connectivity index (χ0v) is 16.8. The van der Waals surface area contributed by atoms with Gasteiger partial charge in [0.05, 0.1) is 22.8 Å². The summed E-state index contributed by atoms with van der Waals surface area (Å²) in [5.74, 6) is 5.81. The third-order valence-electron chi connectivity index (χ3n) is 5.24. The largest absolute Gasteiger partial charge is 0.384 e. The number of hydrogen-bond acceptors (Lipinski definition) is 6. The first-order chi connectivity index (χ1) is 15.2. The van der Waals surface area contributed by atoms with Gasteiger partial charge in [-0.2, -0.15) is 5.10 Å². The van der Waals surface area contributed by atoms with Gasteiger partial charge in [-0.15, -0.1) is 0 Å². The Bertz CT molecular complexity index is 1460. The molecule has 5 heterocycles. The van der Waals surface area contributed by atoms with Gasteiger partial charge in [0.1, 0.15) is 24.4 Å². The first kappa shape index (κ1) is 18.8. The number of aliphatic hydroxyl groups is 1. The normalized spacial score (nSPS) is 12.1. The molecule has 1 atom stereocenters. The van der Waals surface area contributed by atoms with Crippen molar-refractivity contribution in [3.05, 3.63) is 72.4 Å². The number of fused-ring (bicyclic) bond motifs is 2. The minimum atomic E-state index is -0.272. The van der Waals surface area contributed by atoms with Gasteiger partial charge >= 0.3 is 0 Å². The first-order valence-electron chi connectivity index (χ1n) is 9.79. The van der Waals surface area contributed by atoms with Gasteiger partial charge in [0, 0.05) is 23.5 Å². The minimum absolute atomic E-state index is 0.196. The van der Waals surface area contributed by atoms with Crippen molar-refractivity contribution in [3.63, 3.8) is 0 Å². The fraction of sp³-hybridized carbons (Fsp3) is 0.130. The van der Waals surface area contributed by atoms with Crippen molar-refractivity contribution in [2.45, 2.75) is 13.0 Å². The van der Waals surface area contributed by atoms with E-state index in [1.165, 1.54) is 6.33 Å². The van der Waals surface area contributed by atoms with Gasteiger partial charge in [0.15, 0.2) is 5.65 Å². The van der Waals surface area contributed by atoms with Gasteiger partial charge < -0.3 is 15.2 Å². The van der Waals surface area contributed by atoms with E-state index < -0.39 is 0 Å². The highest BCUT2D eigenvalue weighted by Crippen LogP contribution is 2.34. The highest BCUT2D eigenvalue weighted by atomic mass is 16.2. The molecule has 5 aromatic rings. The smallest absolute Gasteiger partial charge is 0.165 e. The predicted octanol–water partition coefficient (Wildman–Crippen LogP) is 2.68. The number of nitrogen functional groups attached to an aromatic ring is 1. The van der Waals surface area contributed by atoms with Crippen LogP contribution in [0.2, 0.25) is 0 Å². The number of nitrogens with zero attached hydrogens (tertiary/aromatic N) is 6.